The summed E-state index contributed by atoms with van der Waals surface area (Å²) in [4.78, 5) is 6.66. The molecule has 0 atom stereocenters. The summed E-state index contributed by atoms with van der Waals surface area (Å²) in [5, 5.41) is 0. The Hall–Kier alpha value is -4.42. The van der Waals surface area contributed by atoms with Gasteiger partial charge in [0.15, 0.2) is 23.6 Å². The molecule has 0 aliphatic carbocycles. The quantitative estimate of drug-likeness (QED) is 0.168. The first-order valence-corrected chi connectivity index (χ1v) is 8.70. The standard InChI is InChI=1S/2C7H7F2N3.C6H5F2N/c8-4-1-2-5(9)6(3-4)12-7(10)11;8-4-2-1-3-5(9)6(4)12-7(10)11;7-4-2-1-3-5(8)6(4)9/h2*1-3H,(H4,10,11,12);1-3H,9H2. The van der Waals surface area contributed by atoms with Gasteiger partial charge in [0.05, 0.1) is 0 Å². The minimum atomic E-state index is -0.789. The lowest BCUT2D eigenvalue weighted by atomic mass is 10.3. The summed E-state index contributed by atoms with van der Waals surface area (Å²) < 4.78 is 75.2. The lowest BCUT2D eigenvalue weighted by Gasteiger charge is -1.97. The summed E-state index contributed by atoms with van der Waals surface area (Å²) >= 11 is 0. The smallest absolute Gasteiger partial charge is 0.191 e. The monoisotopic (exact) mass is 471 g/mol. The molecule has 0 fully saturated rings. The highest BCUT2D eigenvalue weighted by Gasteiger charge is 2.06. The van der Waals surface area contributed by atoms with E-state index in [1.807, 2.05) is 0 Å². The zero-order chi connectivity index (χ0) is 25.1. The highest BCUT2D eigenvalue weighted by atomic mass is 19.2. The molecule has 0 unspecified atom stereocenters. The number of para-hydroxylation sites is 2. The minimum absolute atomic E-state index is 0.199. The van der Waals surface area contributed by atoms with Gasteiger partial charge in [0.2, 0.25) is 0 Å². The molecule has 0 saturated heterocycles. The molecular formula is C20H19F6N7. The van der Waals surface area contributed by atoms with E-state index in [2.05, 4.69) is 9.98 Å². The number of nitrogens with zero attached hydrogens (tertiary/aromatic N) is 2. The van der Waals surface area contributed by atoms with Crippen molar-refractivity contribution in [1.29, 1.82) is 0 Å². The molecule has 3 aromatic carbocycles. The molecule has 0 aromatic heterocycles. The average Bonchev–Trinajstić information content (AvgIpc) is 2.72. The van der Waals surface area contributed by atoms with Crippen LogP contribution in [0.4, 0.5) is 43.4 Å². The maximum Gasteiger partial charge on any atom is 0.191 e. The fourth-order valence-corrected chi connectivity index (χ4v) is 1.95. The molecule has 0 aliphatic heterocycles. The summed E-state index contributed by atoms with van der Waals surface area (Å²) in [6, 6.07) is 9.72. The molecule has 0 saturated carbocycles. The number of anilines is 1. The number of aliphatic imine (C=N–C) groups is 2. The Bertz CT molecular complexity index is 1100. The largest absolute Gasteiger partial charge is 0.394 e. The number of guanidine groups is 2. The Kier molecular flexibility index (Phi) is 10.0. The minimum Gasteiger partial charge on any atom is -0.394 e. The fraction of sp³-hybridized carbons (Fsp3) is 0. The third kappa shape index (κ3) is 9.08. The lowest BCUT2D eigenvalue weighted by molar-refractivity contribution is 0.587. The van der Waals surface area contributed by atoms with Crippen molar-refractivity contribution in [2.75, 3.05) is 5.73 Å². The molecule has 176 valence electrons. The summed E-state index contributed by atoms with van der Waals surface area (Å²) in [5.74, 6) is -4.93. The number of halogens is 6. The molecule has 0 heterocycles. The molecule has 0 spiro atoms. The zero-order valence-electron chi connectivity index (χ0n) is 16.7. The van der Waals surface area contributed by atoms with E-state index < -0.39 is 46.3 Å². The van der Waals surface area contributed by atoms with E-state index in [0.717, 1.165) is 42.5 Å². The van der Waals surface area contributed by atoms with Crippen molar-refractivity contribution >= 4 is 29.0 Å². The van der Waals surface area contributed by atoms with Crippen LogP contribution in [-0.4, -0.2) is 11.9 Å². The molecule has 3 aromatic rings. The van der Waals surface area contributed by atoms with Crippen LogP contribution in [0, 0.1) is 34.9 Å². The highest BCUT2D eigenvalue weighted by molar-refractivity contribution is 5.79. The Morgan fingerprint density at radius 2 is 1.03 bits per heavy atom. The van der Waals surface area contributed by atoms with Crippen molar-refractivity contribution in [3.05, 3.63) is 89.5 Å². The predicted molar refractivity (Wildman–Crippen MR) is 114 cm³/mol. The van der Waals surface area contributed by atoms with Gasteiger partial charge in [-0.1, -0.05) is 12.1 Å². The van der Waals surface area contributed by atoms with Gasteiger partial charge in [0.1, 0.15) is 40.3 Å². The van der Waals surface area contributed by atoms with Gasteiger partial charge in [-0.05, 0) is 36.4 Å². The van der Waals surface area contributed by atoms with Crippen molar-refractivity contribution in [3.63, 3.8) is 0 Å². The number of hydrogen-bond acceptors (Lipinski definition) is 3. The maximum absolute atomic E-state index is 12.8. The van der Waals surface area contributed by atoms with Gasteiger partial charge in [0.25, 0.3) is 0 Å². The molecule has 13 heteroatoms. The van der Waals surface area contributed by atoms with Gasteiger partial charge >= 0.3 is 0 Å². The van der Waals surface area contributed by atoms with Crippen molar-refractivity contribution < 1.29 is 26.3 Å². The van der Waals surface area contributed by atoms with E-state index in [9.17, 15) is 26.3 Å². The lowest BCUT2D eigenvalue weighted by Crippen LogP contribution is -2.22. The second-order valence-corrected chi connectivity index (χ2v) is 5.87. The van der Waals surface area contributed by atoms with Gasteiger partial charge in [-0.25, -0.2) is 36.3 Å². The summed E-state index contributed by atoms with van der Waals surface area (Å²) in [6.45, 7) is 0. The van der Waals surface area contributed by atoms with Crippen molar-refractivity contribution in [3.8, 4) is 0 Å². The van der Waals surface area contributed by atoms with E-state index >= 15 is 0 Å². The topological polar surface area (TPSA) is 155 Å². The molecule has 0 bridgehead atoms. The normalized spacial score (nSPS) is 9.52. The van der Waals surface area contributed by atoms with E-state index in [1.54, 1.807) is 0 Å². The van der Waals surface area contributed by atoms with Crippen molar-refractivity contribution in [1.82, 2.24) is 0 Å². The molecule has 10 N–H and O–H groups in total. The van der Waals surface area contributed by atoms with Crippen molar-refractivity contribution in [2.45, 2.75) is 0 Å². The number of nitrogens with two attached hydrogens (primary N) is 5. The van der Waals surface area contributed by atoms with Crippen LogP contribution in [-0.2, 0) is 0 Å². The van der Waals surface area contributed by atoms with Gasteiger partial charge in [-0.15, -0.1) is 0 Å². The number of benzene rings is 3. The Labute approximate surface area is 184 Å². The van der Waals surface area contributed by atoms with Crippen LogP contribution in [0.1, 0.15) is 0 Å². The molecule has 7 nitrogen and oxygen atoms in total. The van der Waals surface area contributed by atoms with Crippen LogP contribution in [0.2, 0.25) is 0 Å². The second-order valence-electron chi connectivity index (χ2n) is 5.87. The summed E-state index contributed by atoms with van der Waals surface area (Å²) in [7, 11) is 0. The van der Waals surface area contributed by atoms with E-state index in [4.69, 9.17) is 28.7 Å². The Morgan fingerprint density at radius 3 is 1.45 bits per heavy atom. The van der Waals surface area contributed by atoms with Crippen LogP contribution in [0.25, 0.3) is 0 Å². The zero-order valence-corrected chi connectivity index (χ0v) is 16.7. The molecule has 0 amide bonds. The predicted octanol–water partition coefficient (Wildman–Crippen LogP) is 3.29. The van der Waals surface area contributed by atoms with E-state index in [0.29, 0.717) is 0 Å². The van der Waals surface area contributed by atoms with Gasteiger partial charge < -0.3 is 28.7 Å². The molecule has 0 aliphatic rings. The van der Waals surface area contributed by atoms with E-state index in [-0.39, 0.29) is 17.6 Å². The maximum atomic E-state index is 12.8. The number of rotatable bonds is 2. The second kappa shape index (κ2) is 12.4. The van der Waals surface area contributed by atoms with Crippen LogP contribution in [0.3, 0.4) is 0 Å². The van der Waals surface area contributed by atoms with Crippen LogP contribution in [0.5, 0.6) is 0 Å². The summed E-state index contributed by atoms with van der Waals surface area (Å²) in [5.41, 5.74) is 23.7. The first kappa shape index (κ1) is 26.6. The van der Waals surface area contributed by atoms with E-state index in [1.165, 1.54) is 12.1 Å². The molecule has 0 radical (unpaired) electrons. The highest BCUT2D eigenvalue weighted by Crippen LogP contribution is 2.21. The Balaban J connectivity index is 0.000000250. The fourth-order valence-electron chi connectivity index (χ4n) is 1.95. The van der Waals surface area contributed by atoms with Crippen LogP contribution >= 0.6 is 0 Å². The molecule has 33 heavy (non-hydrogen) atoms. The number of hydrogen-bond donors (Lipinski definition) is 5. The summed E-state index contributed by atoms with van der Waals surface area (Å²) in [6.07, 6.45) is 0. The van der Waals surface area contributed by atoms with Crippen molar-refractivity contribution in [2.24, 2.45) is 32.9 Å². The average molecular weight is 471 g/mol. The third-order valence-electron chi connectivity index (χ3n) is 3.34. The first-order valence-electron chi connectivity index (χ1n) is 8.70. The third-order valence-corrected chi connectivity index (χ3v) is 3.34. The van der Waals surface area contributed by atoms with Gasteiger partial charge in [-0.2, -0.15) is 0 Å². The van der Waals surface area contributed by atoms with Crippen LogP contribution < -0.4 is 28.7 Å². The number of nitrogen functional groups attached to an aromatic ring is 1. The molecule has 3 rings (SSSR count). The van der Waals surface area contributed by atoms with Crippen LogP contribution in [0.15, 0.2) is 64.6 Å². The SMILES string of the molecule is NC(N)=Nc1c(F)cccc1F.NC(N)=Nc1cc(F)ccc1F.Nc1c(F)cccc1F. The molecular weight excluding hydrogens is 452 g/mol. The first-order chi connectivity index (χ1) is 15.4. The van der Waals surface area contributed by atoms with Gasteiger partial charge in [0, 0.05) is 6.07 Å². The van der Waals surface area contributed by atoms with Gasteiger partial charge in [-0.3, -0.25) is 0 Å². The Morgan fingerprint density at radius 1 is 0.576 bits per heavy atom.